The quantitative estimate of drug-likeness (QED) is 0.140. The number of hydrogen-bond acceptors (Lipinski definition) is 6. The van der Waals surface area contributed by atoms with Gasteiger partial charge in [-0.05, 0) is 71.4 Å². The Balaban J connectivity index is 1.51. The first-order valence-corrected chi connectivity index (χ1v) is 13.2. The number of aromatic hydroxyl groups is 1. The highest BCUT2D eigenvalue weighted by Gasteiger charge is 2.17. The molecule has 0 bridgehead atoms. The average molecular weight is 636 g/mol. The van der Waals surface area contributed by atoms with Gasteiger partial charge in [0.15, 0.2) is 11.0 Å². The van der Waals surface area contributed by atoms with E-state index < -0.39 is 0 Å². The van der Waals surface area contributed by atoms with Crippen LogP contribution in [0.5, 0.6) is 5.75 Å². The maximum absolute atomic E-state index is 12.4. The van der Waals surface area contributed by atoms with Gasteiger partial charge in [-0.3, -0.25) is 9.36 Å². The van der Waals surface area contributed by atoms with Gasteiger partial charge in [-0.1, -0.05) is 57.0 Å². The number of nitrogens with zero attached hydrogens (tertiary/aromatic N) is 4. The summed E-state index contributed by atoms with van der Waals surface area (Å²) in [7, 11) is 0. The third-order valence-electron chi connectivity index (χ3n) is 4.81. The van der Waals surface area contributed by atoms with Crippen LogP contribution < -0.4 is 5.43 Å². The Labute approximate surface area is 227 Å². The lowest BCUT2D eigenvalue weighted by Gasteiger charge is -2.10. The van der Waals surface area contributed by atoms with Crippen molar-refractivity contribution in [2.24, 2.45) is 5.10 Å². The summed E-state index contributed by atoms with van der Waals surface area (Å²) in [5, 5.41) is 23.9. The van der Waals surface area contributed by atoms with Gasteiger partial charge in [-0.15, -0.1) is 10.2 Å². The van der Waals surface area contributed by atoms with Gasteiger partial charge in [0.25, 0.3) is 5.91 Å². The molecule has 0 unspecified atom stereocenters. The lowest BCUT2D eigenvalue weighted by Crippen LogP contribution is -2.20. The van der Waals surface area contributed by atoms with Gasteiger partial charge in [0, 0.05) is 26.3 Å². The minimum Gasteiger partial charge on any atom is -0.506 e. The minimum atomic E-state index is -0.327. The van der Waals surface area contributed by atoms with Crippen molar-refractivity contribution in [3.63, 3.8) is 0 Å². The number of benzene rings is 3. The zero-order valence-corrected chi connectivity index (χ0v) is 23.0. The van der Waals surface area contributed by atoms with Crippen molar-refractivity contribution in [2.45, 2.75) is 12.1 Å². The second-order valence-corrected chi connectivity index (χ2v) is 10.5. The SMILES string of the molecule is Cc1ccc(-n2c(SCC(=O)NN=Cc3cc(Br)cc(Br)c3O)nnc2-c2ccc(Cl)cc2)cc1. The number of carbonyl (C=O) groups excluding carboxylic acids is 1. The maximum atomic E-state index is 12.4. The van der Waals surface area contributed by atoms with Crippen LogP contribution >= 0.6 is 55.2 Å². The lowest BCUT2D eigenvalue weighted by molar-refractivity contribution is -0.118. The molecule has 178 valence electrons. The maximum Gasteiger partial charge on any atom is 0.250 e. The van der Waals surface area contributed by atoms with Gasteiger partial charge in [-0.2, -0.15) is 5.10 Å². The summed E-state index contributed by atoms with van der Waals surface area (Å²) >= 11 is 13.9. The van der Waals surface area contributed by atoms with E-state index in [1.165, 1.54) is 18.0 Å². The molecule has 4 rings (SSSR count). The number of aromatic nitrogens is 3. The molecule has 0 saturated heterocycles. The highest BCUT2D eigenvalue weighted by Crippen LogP contribution is 2.31. The van der Waals surface area contributed by atoms with E-state index in [9.17, 15) is 9.90 Å². The third kappa shape index (κ3) is 6.32. The molecule has 35 heavy (non-hydrogen) atoms. The first-order valence-electron chi connectivity index (χ1n) is 10.2. The van der Waals surface area contributed by atoms with Crippen LogP contribution in [0.3, 0.4) is 0 Å². The molecule has 0 spiro atoms. The van der Waals surface area contributed by atoms with Crippen molar-refractivity contribution in [1.82, 2.24) is 20.2 Å². The fourth-order valence-corrected chi connectivity index (χ4v) is 5.22. The monoisotopic (exact) mass is 633 g/mol. The first-order chi connectivity index (χ1) is 16.8. The summed E-state index contributed by atoms with van der Waals surface area (Å²) in [4.78, 5) is 12.4. The molecule has 4 aromatic rings. The summed E-state index contributed by atoms with van der Waals surface area (Å²) < 4.78 is 3.18. The topological polar surface area (TPSA) is 92.4 Å². The van der Waals surface area contributed by atoms with E-state index >= 15 is 0 Å². The molecule has 1 heterocycles. The molecule has 7 nitrogen and oxygen atoms in total. The smallest absolute Gasteiger partial charge is 0.250 e. The van der Waals surface area contributed by atoms with E-state index in [1.54, 1.807) is 24.3 Å². The molecule has 0 atom stereocenters. The zero-order chi connectivity index (χ0) is 24.9. The second kappa shape index (κ2) is 11.4. The molecule has 0 radical (unpaired) electrons. The number of hydrazone groups is 1. The highest BCUT2D eigenvalue weighted by molar-refractivity contribution is 9.11. The molecular weight excluding hydrogens is 618 g/mol. The molecule has 0 fully saturated rings. The zero-order valence-electron chi connectivity index (χ0n) is 18.2. The number of carbonyl (C=O) groups is 1. The Morgan fingerprint density at radius 2 is 1.86 bits per heavy atom. The molecule has 1 aromatic heterocycles. The van der Waals surface area contributed by atoms with Crippen LogP contribution in [0.15, 0.2) is 79.9 Å². The summed E-state index contributed by atoms with van der Waals surface area (Å²) in [5.74, 6) is 0.408. The van der Waals surface area contributed by atoms with E-state index in [1.807, 2.05) is 47.9 Å². The van der Waals surface area contributed by atoms with Gasteiger partial charge >= 0.3 is 0 Å². The number of phenolic OH excluding ortho intramolecular Hbond substituents is 1. The van der Waals surface area contributed by atoms with Crippen LogP contribution in [0.2, 0.25) is 5.02 Å². The van der Waals surface area contributed by atoms with Gasteiger partial charge in [0.05, 0.1) is 16.4 Å². The Hall–Kier alpha value is -2.66. The third-order valence-corrected chi connectivity index (χ3v) is 7.05. The van der Waals surface area contributed by atoms with Crippen LogP contribution in [0.1, 0.15) is 11.1 Å². The molecule has 0 aliphatic heterocycles. The van der Waals surface area contributed by atoms with Crippen molar-refractivity contribution in [3.8, 4) is 22.8 Å². The molecular formula is C24H18Br2ClN5O2S. The van der Waals surface area contributed by atoms with Gasteiger partial charge < -0.3 is 5.11 Å². The summed E-state index contributed by atoms with van der Waals surface area (Å²) in [6, 6.07) is 18.7. The van der Waals surface area contributed by atoms with E-state index in [4.69, 9.17) is 11.6 Å². The largest absolute Gasteiger partial charge is 0.506 e. The lowest BCUT2D eigenvalue weighted by atomic mass is 10.2. The standard InChI is InChI=1S/C24H18Br2ClN5O2S/c1-14-2-8-19(9-3-14)32-23(15-4-6-18(27)7-5-15)30-31-24(32)35-13-21(33)29-28-12-16-10-17(25)11-20(26)22(16)34/h2-12,34H,13H2,1H3,(H,29,33). The number of thioether (sulfide) groups is 1. The van der Waals surface area contributed by atoms with Crippen LogP contribution in [0.25, 0.3) is 17.1 Å². The summed E-state index contributed by atoms with van der Waals surface area (Å²) in [5.41, 5.74) is 5.78. The first kappa shape index (κ1) is 25.4. The minimum absolute atomic E-state index is 0.0292. The number of aryl methyl sites for hydroxylation is 1. The van der Waals surface area contributed by atoms with E-state index in [0.29, 0.717) is 26.0 Å². The average Bonchev–Trinajstić information content (AvgIpc) is 3.25. The number of nitrogens with one attached hydrogen (secondary N) is 1. The molecule has 11 heteroatoms. The van der Waals surface area contributed by atoms with Crippen LogP contribution in [-0.4, -0.2) is 37.7 Å². The number of rotatable bonds is 7. The van der Waals surface area contributed by atoms with Crippen LogP contribution in [-0.2, 0) is 4.79 Å². The highest BCUT2D eigenvalue weighted by atomic mass is 79.9. The predicted octanol–water partition coefficient (Wildman–Crippen LogP) is 6.37. The van der Waals surface area contributed by atoms with Crippen molar-refractivity contribution in [2.75, 3.05) is 5.75 Å². The Morgan fingerprint density at radius 3 is 2.57 bits per heavy atom. The van der Waals surface area contributed by atoms with Crippen LogP contribution in [0.4, 0.5) is 0 Å². The van der Waals surface area contributed by atoms with Crippen molar-refractivity contribution >= 4 is 67.3 Å². The second-order valence-electron chi connectivity index (χ2n) is 7.39. The van der Waals surface area contributed by atoms with Gasteiger partial charge in [0.2, 0.25) is 0 Å². The van der Waals surface area contributed by atoms with Crippen molar-refractivity contribution < 1.29 is 9.90 Å². The number of hydrogen-bond donors (Lipinski definition) is 2. The van der Waals surface area contributed by atoms with Crippen molar-refractivity contribution in [1.29, 1.82) is 0 Å². The summed E-state index contributed by atoms with van der Waals surface area (Å²) in [6.07, 6.45) is 1.38. The van der Waals surface area contributed by atoms with Gasteiger partial charge in [-0.25, -0.2) is 5.43 Å². The Kier molecular flexibility index (Phi) is 8.27. The Morgan fingerprint density at radius 1 is 1.14 bits per heavy atom. The van der Waals surface area contributed by atoms with Crippen LogP contribution in [0, 0.1) is 6.92 Å². The molecule has 1 amide bonds. The molecule has 0 aliphatic rings. The molecule has 0 aliphatic carbocycles. The number of amides is 1. The molecule has 0 saturated carbocycles. The molecule has 3 aromatic carbocycles. The van der Waals surface area contributed by atoms with E-state index in [-0.39, 0.29) is 17.4 Å². The molecule has 2 N–H and O–H groups in total. The fraction of sp³-hybridized carbons (Fsp3) is 0.0833. The Bertz CT molecular complexity index is 1390. The number of halogens is 3. The number of phenols is 1. The predicted molar refractivity (Wildman–Crippen MR) is 147 cm³/mol. The van der Waals surface area contributed by atoms with Crippen molar-refractivity contribution in [3.05, 3.63) is 85.8 Å². The van der Waals surface area contributed by atoms with E-state index in [2.05, 4.69) is 52.6 Å². The fourth-order valence-electron chi connectivity index (χ4n) is 3.10. The normalized spacial score (nSPS) is 11.2. The van der Waals surface area contributed by atoms with E-state index in [0.717, 1.165) is 21.3 Å². The van der Waals surface area contributed by atoms with Gasteiger partial charge in [0.1, 0.15) is 5.75 Å². The summed E-state index contributed by atoms with van der Waals surface area (Å²) in [6.45, 7) is 2.02.